The molecule has 0 aliphatic heterocycles. The molecule has 10 heteroatoms. The van der Waals surface area contributed by atoms with Crippen molar-refractivity contribution in [3.05, 3.63) is 65.9 Å². The van der Waals surface area contributed by atoms with Crippen LogP contribution in [-0.2, 0) is 17.1 Å². The first kappa shape index (κ1) is 17.8. The minimum atomic E-state index is -5.12. The number of nitrogens with one attached hydrogen (secondary N) is 1. The van der Waals surface area contributed by atoms with E-state index in [-0.39, 0.29) is 29.2 Å². The maximum atomic E-state index is 14.5. The SMILES string of the molecule is O=S(=O)(F)Oc1ccc(OCc2cc(F)cc(-c3ccn[nH]3)c2F)cc1. The molecule has 1 aromatic heterocycles. The van der Waals surface area contributed by atoms with E-state index in [2.05, 4.69) is 14.4 Å². The lowest BCUT2D eigenvalue weighted by molar-refractivity contribution is 0.299. The highest BCUT2D eigenvalue weighted by Gasteiger charge is 2.15. The number of halogens is 3. The fourth-order valence-electron chi connectivity index (χ4n) is 2.22. The summed E-state index contributed by atoms with van der Waals surface area (Å²) in [6.45, 7) is -0.285. The maximum absolute atomic E-state index is 14.5. The van der Waals surface area contributed by atoms with Crippen molar-refractivity contribution in [1.82, 2.24) is 10.2 Å². The van der Waals surface area contributed by atoms with Crippen LogP contribution >= 0.6 is 0 Å². The van der Waals surface area contributed by atoms with Crippen molar-refractivity contribution in [3.63, 3.8) is 0 Å². The molecule has 136 valence electrons. The lowest BCUT2D eigenvalue weighted by Crippen LogP contribution is -2.03. The fraction of sp³-hybridized carbons (Fsp3) is 0.0625. The molecule has 1 heterocycles. The summed E-state index contributed by atoms with van der Waals surface area (Å²) >= 11 is 0. The van der Waals surface area contributed by atoms with Crippen LogP contribution in [0.1, 0.15) is 5.56 Å². The standard InChI is InChI=1S/C16H11F3N2O4S/c17-11-7-10(16(18)14(8-11)15-5-6-20-21-15)9-24-12-1-3-13(4-2-12)25-26(19,22)23/h1-8H,9H2,(H,20,21). The molecule has 0 radical (unpaired) electrons. The lowest BCUT2D eigenvalue weighted by atomic mass is 10.1. The third kappa shape index (κ3) is 4.33. The van der Waals surface area contributed by atoms with Gasteiger partial charge in [-0.2, -0.15) is 13.5 Å². The molecule has 3 aromatic rings. The molecule has 0 aliphatic carbocycles. The summed E-state index contributed by atoms with van der Waals surface area (Å²) in [4.78, 5) is 0. The Labute approximate surface area is 146 Å². The summed E-state index contributed by atoms with van der Waals surface area (Å²) in [6.07, 6.45) is 1.41. The van der Waals surface area contributed by atoms with Gasteiger partial charge >= 0.3 is 10.5 Å². The van der Waals surface area contributed by atoms with Gasteiger partial charge in [-0.15, -0.1) is 0 Å². The Morgan fingerprint density at radius 2 is 1.73 bits per heavy atom. The van der Waals surface area contributed by atoms with Gasteiger partial charge in [-0.25, -0.2) is 8.78 Å². The zero-order chi connectivity index (χ0) is 18.7. The molecule has 0 aliphatic rings. The van der Waals surface area contributed by atoms with E-state index in [1.54, 1.807) is 0 Å². The minimum absolute atomic E-state index is 0.0120. The van der Waals surface area contributed by atoms with Crippen molar-refractivity contribution in [1.29, 1.82) is 0 Å². The van der Waals surface area contributed by atoms with E-state index in [4.69, 9.17) is 4.74 Å². The maximum Gasteiger partial charge on any atom is 0.488 e. The molecule has 1 N–H and O–H groups in total. The van der Waals surface area contributed by atoms with E-state index >= 15 is 0 Å². The number of hydrogen-bond acceptors (Lipinski definition) is 5. The van der Waals surface area contributed by atoms with Crippen molar-refractivity contribution >= 4 is 10.5 Å². The van der Waals surface area contributed by atoms with Gasteiger partial charge in [0.25, 0.3) is 0 Å². The number of aromatic amines is 1. The molecule has 0 spiro atoms. The van der Waals surface area contributed by atoms with Crippen molar-refractivity contribution < 1.29 is 30.0 Å². The number of rotatable bonds is 6. The second-order valence-electron chi connectivity index (χ2n) is 5.13. The Morgan fingerprint density at radius 1 is 1.04 bits per heavy atom. The predicted molar refractivity (Wildman–Crippen MR) is 85.4 cm³/mol. The van der Waals surface area contributed by atoms with Gasteiger partial charge in [0, 0.05) is 17.3 Å². The quantitative estimate of drug-likeness (QED) is 0.658. The molecule has 26 heavy (non-hydrogen) atoms. The molecule has 0 unspecified atom stereocenters. The highest BCUT2D eigenvalue weighted by atomic mass is 32.3. The van der Waals surface area contributed by atoms with Crippen molar-refractivity contribution in [2.45, 2.75) is 6.61 Å². The van der Waals surface area contributed by atoms with Crippen molar-refractivity contribution in [2.75, 3.05) is 0 Å². The number of hydrogen-bond donors (Lipinski definition) is 1. The summed E-state index contributed by atoms with van der Waals surface area (Å²) < 4.78 is 70.9. The zero-order valence-corrected chi connectivity index (χ0v) is 13.8. The Kier molecular flexibility index (Phi) is 4.85. The van der Waals surface area contributed by atoms with Crippen molar-refractivity contribution in [3.8, 4) is 22.8 Å². The molecule has 0 saturated heterocycles. The van der Waals surface area contributed by atoms with E-state index in [0.717, 1.165) is 24.3 Å². The number of H-pyrrole nitrogens is 1. The van der Waals surface area contributed by atoms with E-state index in [1.165, 1.54) is 24.4 Å². The summed E-state index contributed by atoms with van der Waals surface area (Å²) in [5.74, 6) is -1.34. The van der Waals surface area contributed by atoms with Crippen LogP contribution in [0.2, 0.25) is 0 Å². The average molecular weight is 384 g/mol. The topological polar surface area (TPSA) is 81.3 Å². The number of nitrogens with zero attached hydrogens (tertiary/aromatic N) is 1. The van der Waals surface area contributed by atoms with Crippen LogP contribution < -0.4 is 8.92 Å². The molecule has 6 nitrogen and oxygen atoms in total. The molecular weight excluding hydrogens is 373 g/mol. The largest absolute Gasteiger partial charge is 0.489 e. The molecule has 0 atom stereocenters. The molecule has 2 aromatic carbocycles. The number of benzene rings is 2. The number of aromatic nitrogens is 2. The van der Waals surface area contributed by atoms with E-state index < -0.39 is 22.1 Å². The molecule has 0 saturated carbocycles. The normalized spacial score (nSPS) is 11.3. The average Bonchev–Trinajstić information content (AvgIpc) is 3.09. The lowest BCUT2D eigenvalue weighted by Gasteiger charge is -2.10. The van der Waals surface area contributed by atoms with Crippen LogP contribution in [0.5, 0.6) is 11.5 Å². The highest BCUT2D eigenvalue weighted by Crippen LogP contribution is 2.26. The predicted octanol–water partition coefficient (Wildman–Crippen LogP) is 3.53. The van der Waals surface area contributed by atoms with Gasteiger partial charge in [-0.3, -0.25) is 5.10 Å². The molecule has 0 amide bonds. The summed E-state index contributed by atoms with van der Waals surface area (Å²) in [6, 6.07) is 8.45. The zero-order valence-electron chi connectivity index (χ0n) is 12.9. The second-order valence-corrected chi connectivity index (χ2v) is 6.09. The van der Waals surface area contributed by atoms with Gasteiger partial charge < -0.3 is 8.92 Å². The smallest absolute Gasteiger partial charge is 0.488 e. The third-order valence-electron chi connectivity index (χ3n) is 3.32. The van der Waals surface area contributed by atoms with Crippen LogP contribution in [0.4, 0.5) is 12.7 Å². The van der Waals surface area contributed by atoms with Gasteiger partial charge in [0.1, 0.15) is 29.7 Å². The number of ether oxygens (including phenoxy) is 1. The molecule has 0 bridgehead atoms. The molecule has 0 fully saturated rings. The summed E-state index contributed by atoms with van der Waals surface area (Å²) in [5, 5.41) is 6.26. The van der Waals surface area contributed by atoms with Gasteiger partial charge in [0.05, 0.1) is 5.69 Å². The Morgan fingerprint density at radius 3 is 2.35 bits per heavy atom. The Balaban J connectivity index is 1.76. The molecule has 3 rings (SSSR count). The summed E-state index contributed by atoms with van der Waals surface area (Å²) in [5.41, 5.74) is 0.302. The van der Waals surface area contributed by atoms with Crippen LogP contribution in [0, 0.1) is 11.6 Å². The highest BCUT2D eigenvalue weighted by molar-refractivity contribution is 7.81. The fourth-order valence-corrected chi connectivity index (χ4v) is 2.56. The van der Waals surface area contributed by atoms with Gasteiger partial charge in [0.15, 0.2) is 0 Å². The second kappa shape index (κ2) is 7.08. The van der Waals surface area contributed by atoms with Crippen LogP contribution in [0.3, 0.4) is 0 Å². The monoisotopic (exact) mass is 384 g/mol. The first-order valence-electron chi connectivity index (χ1n) is 7.16. The van der Waals surface area contributed by atoms with Gasteiger partial charge in [-0.05, 0) is 42.5 Å². The van der Waals surface area contributed by atoms with Crippen LogP contribution in [-0.4, -0.2) is 18.6 Å². The van der Waals surface area contributed by atoms with E-state index in [0.29, 0.717) is 5.69 Å². The van der Waals surface area contributed by atoms with Crippen LogP contribution in [0.25, 0.3) is 11.3 Å². The molecular formula is C16H11F3N2O4S. The van der Waals surface area contributed by atoms with Crippen LogP contribution in [0.15, 0.2) is 48.7 Å². The first-order valence-corrected chi connectivity index (χ1v) is 8.47. The first-order chi connectivity index (χ1) is 12.3. The van der Waals surface area contributed by atoms with Gasteiger partial charge in [0.2, 0.25) is 0 Å². The Bertz CT molecular complexity index is 1010. The van der Waals surface area contributed by atoms with E-state index in [9.17, 15) is 21.1 Å². The van der Waals surface area contributed by atoms with Crippen molar-refractivity contribution in [2.24, 2.45) is 0 Å². The van der Waals surface area contributed by atoms with E-state index in [1.807, 2.05) is 0 Å². The minimum Gasteiger partial charge on any atom is -0.489 e. The Hall–Kier alpha value is -3.01. The third-order valence-corrected chi connectivity index (χ3v) is 3.71. The van der Waals surface area contributed by atoms with Gasteiger partial charge in [-0.1, -0.05) is 3.89 Å². The summed E-state index contributed by atoms with van der Waals surface area (Å²) in [7, 11) is -5.12.